The highest BCUT2D eigenvalue weighted by molar-refractivity contribution is 9.13. The zero-order valence-electron chi connectivity index (χ0n) is 7.46. The van der Waals surface area contributed by atoms with Crippen LogP contribution in [-0.2, 0) is 7.05 Å². The second kappa shape index (κ2) is 3.87. The Hall–Kier alpha value is -0.610. The Morgan fingerprint density at radius 2 is 2.14 bits per heavy atom. The summed E-state index contributed by atoms with van der Waals surface area (Å²) in [6, 6.07) is 7.90. The van der Waals surface area contributed by atoms with Crippen LogP contribution in [0.4, 0.5) is 0 Å². The Morgan fingerprint density at radius 1 is 1.36 bits per heavy atom. The Balaban J connectivity index is 2.63. The van der Waals surface area contributed by atoms with Crippen molar-refractivity contribution in [3.63, 3.8) is 0 Å². The summed E-state index contributed by atoms with van der Waals surface area (Å²) in [5, 5.41) is 4.02. The lowest BCUT2D eigenvalue weighted by Crippen LogP contribution is -1.93. The summed E-state index contributed by atoms with van der Waals surface area (Å²) in [6.07, 6.45) is 2.82. The normalized spacial score (nSPS) is 10.5. The maximum Gasteiger partial charge on any atom is 0.113 e. The fourth-order valence-electron chi connectivity index (χ4n) is 1.28. The van der Waals surface area contributed by atoms with Crippen molar-refractivity contribution >= 4 is 31.9 Å². The molecule has 2 nitrogen and oxygen atoms in total. The van der Waals surface area contributed by atoms with Crippen molar-refractivity contribution in [2.75, 3.05) is 0 Å². The summed E-state index contributed by atoms with van der Waals surface area (Å²) in [5.74, 6) is 0. The molecule has 1 heterocycles. The summed E-state index contributed by atoms with van der Waals surface area (Å²) in [7, 11) is 1.90. The first-order valence-corrected chi connectivity index (χ1v) is 5.63. The number of hydrogen-bond acceptors (Lipinski definition) is 1. The van der Waals surface area contributed by atoms with Crippen molar-refractivity contribution in [1.29, 1.82) is 0 Å². The lowest BCUT2D eigenvalue weighted by molar-refractivity contribution is 0.773. The Kier molecular flexibility index (Phi) is 2.74. The van der Waals surface area contributed by atoms with Crippen LogP contribution in [0.5, 0.6) is 0 Å². The summed E-state index contributed by atoms with van der Waals surface area (Å²) in [5.41, 5.74) is 2.15. The molecule has 0 bridgehead atoms. The van der Waals surface area contributed by atoms with Gasteiger partial charge in [0.2, 0.25) is 0 Å². The Morgan fingerprint density at radius 3 is 2.79 bits per heavy atom. The highest BCUT2D eigenvalue weighted by atomic mass is 79.9. The molecule has 1 radical (unpaired) electrons. The van der Waals surface area contributed by atoms with Crippen LogP contribution in [0.1, 0.15) is 0 Å². The van der Waals surface area contributed by atoms with E-state index in [4.69, 9.17) is 0 Å². The molecule has 0 spiro atoms. The summed E-state index contributed by atoms with van der Waals surface area (Å²) >= 11 is 7.00. The van der Waals surface area contributed by atoms with Crippen LogP contribution < -0.4 is 0 Å². The highest BCUT2D eigenvalue weighted by Gasteiger charge is 2.08. The van der Waals surface area contributed by atoms with E-state index in [0.29, 0.717) is 0 Å². The molecular formula is C10H7Br2N2. The first-order chi connectivity index (χ1) is 6.70. The largest absolute Gasteiger partial charge is 0.267 e. The molecule has 4 heteroatoms. The van der Waals surface area contributed by atoms with E-state index in [1.165, 1.54) is 0 Å². The zero-order chi connectivity index (χ0) is 10.1. The van der Waals surface area contributed by atoms with Gasteiger partial charge in [-0.15, -0.1) is 0 Å². The van der Waals surface area contributed by atoms with Crippen LogP contribution >= 0.6 is 31.9 Å². The number of benzene rings is 1. The van der Waals surface area contributed by atoms with Crippen molar-refractivity contribution in [3.8, 4) is 11.3 Å². The molecular weight excluding hydrogens is 308 g/mol. The van der Waals surface area contributed by atoms with E-state index in [-0.39, 0.29) is 0 Å². The van der Waals surface area contributed by atoms with E-state index in [9.17, 15) is 0 Å². The van der Waals surface area contributed by atoms with Gasteiger partial charge in [-0.1, -0.05) is 12.1 Å². The van der Waals surface area contributed by atoms with Crippen molar-refractivity contribution in [2.24, 2.45) is 7.05 Å². The molecule has 0 atom stereocenters. The minimum absolute atomic E-state index is 1.04. The quantitative estimate of drug-likeness (QED) is 0.788. The third kappa shape index (κ3) is 1.64. The van der Waals surface area contributed by atoms with E-state index < -0.39 is 0 Å². The number of aromatic nitrogens is 2. The van der Waals surface area contributed by atoms with Gasteiger partial charge in [0.1, 0.15) is 6.20 Å². The minimum atomic E-state index is 1.04. The minimum Gasteiger partial charge on any atom is -0.267 e. The van der Waals surface area contributed by atoms with E-state index in [2.05, 4.69) is 43.2 Å². The average molecular weight is 315 g/mol. The van der Waals surface area contributed by atoms with E-state index in [1.54, 1.807) is 4.68 Å². The average Bonchev–Trinajstić information content (AvgIpc) is 2.57. The molecule has 14 heavy (non-hydrogen) atoms. The van der Waals surface area contributed by atoms with Gasteiger partial charge in [-0.2, -0.15) is 5.10 Å². The lowest BCUT2D eigenvalue weighted by Gasteiger charge is -2.05. The third-order valence-electron chi connectivity index (χ3n) is 1.99. The summed E-state index contributed by atoms with van der Waals surface area (Å²) in [6.45, 7) is 0. The van der Waals surface area contributed by atoms with Crippen LogP contribution in [0.25, 0.3) is 11.3 Å². The molecule has 0 amide bonds. The van der Waals surface area contributed by atoms with E-state index in [0.717, 1.165) is 20.2 Å². The molecule has 0 aliphatic carbocycles. The molecule has 0 unspecified atom stereocenters. The molecule has 0 saturated carbocycles. The predicted molar refractivity (Wildman–Crippen MR) is 62.9 cm³/mol. The number of nitrogens with zero attached hydrogens (tertiary/aromatic N) is 2. The molecule has 0 fully saturated rings. The van der Waals surface area contributed by atoms with Gasteiger partial charge >= 0.3 is 0 Å². The molecule has 0 aliphatic rings. The summed E-state index contributed by atoms with van der Waals surface area (Å²) in [4.78, 5) is 0. The van der Waals surface area contributed by atoms with E-state index in [1.807, 2.05) is 31.3 Å². The molecule has 2 aromatic rings. The molecule has 0 aliphatic heterocycles. The van der Waals surface area contributed by atoms with Gasteiger partial charge in [-0.25, -0.2) is 0 Å². The predicted octanol–water partition coefficient (Wildman–Crippen LogP) is 3.41. The molecule has 1 aromatic heterocycles. The standard InChI is InChI=1S/C10H7Br2N2/c1-14-9(5-6-13-14)7-3-2-4-8(11)10(7)12/h2-5H,1H3. The highest BCUT2D eigenvalue weighted by Crippen LogP contribution is 2.33. The number of rotatable bonds is 1. The molecule has 2 rings (SSSR count). The molecule has 0 saturated heterocycles. The number of aryl methyl sites for hydroxylation is 1. The lowest BCUT2D eigenvalue weighted by atomic mass is 10.1. The monoisotopic (exact) mass is 313 g/mol. The van der Waals surface area contributed by atoms with Crippen molar-refractivity contribution in [3.05, 3.63) is 39.4 Å². The summed E-state index contributed by atoms with van der Waals surface area (Å²) < 4.78 is 3.88. The van der Waals surface area contributed by atoms with Gasteiger partial charge < -0.3 is 0 Å². The second-order valence-corrected chi connectivity index (χ2v) is 4.53. The second-order valence-electron chi connectivity index (χ2n) is 2.88. The molecule has 0 N–H and O–H groups in total. The van der Waals surface area contributed by atoms with Crippen LogP contribution in [0.2, 0.25) is 0 Å². The Bertz CT molecular complexity index is 463. The fraction of sp³-hybridized carbons (Fsp3) is 0.100. The van der Waals surface area contributed by atoms with Gasteiger partial charge in [-0.3, -0.25) is 4.68 Å². The SMILES string of the molecule is Cn1n[c]cc1-c1cccc(Br)c1Br. The van der Waals surface area contributed by atoms with Gasteiger partial charge in [0.25, 0.3) is 0 Å². The first kappa shape index (κ1) is 9.93. The maximum atomic E-state index is 4.02. The van der Waals surface area contributed by atoms with Crippen molar-refractivity contribution in [2.45, 2.75) is 0 Å². The molecule has 71 valence electrons. The van der Waals surface area contributed by atoms with Gasteiger partial charge in [0.05, 0.1) is 5.69 Å². The molecule has 1 aromatic carbocycles. The first-order valence-electron chi connectivity index (χ1n) is 4.04. The van der Waals surface area contributed by atoms with Crippen LogP contribution in [0.15, 0.2) is 33.2 Å². The van der Waals surface area contributed by atoms with Crippen molar-refractivity contribution in [1.82, 2.24) is 9.78 Å². The zero-order valence-corrected chi connectivity index (χ0v) is 10.6. The smallest absolute Gasteiger partial charge is 0.113 e. The van der Waals surface area contributed by atoms with Crippen LogP contribution in [0.3, 0.4) is 0 Å². The number of hydrogen-bond donors (Lipinski definition) is 0. The number of halogens is 2. The fourth-order valence-corrected chi connectivity index (χ4v) is 2.11. The van der Waals surface area contributed by atoms with Gasteiger partial charge in [0.15, 0.2) is 0 Å². The van der Waals surface area contributed by atoms with Crippen LogP contribution in [-0.4, -0.2) is 9.78 Å². The van der Waals surface area contributed by atoms with E-state index >= 15 is 0 Å². The maximum absolute atomic E-state index is 4.02. The Labute approximate surface area is 99.2 Å². The topological polar surface area (TPSA) is 17.8 Å². The van der Waals surface area contributed by atoms with Gasteiger partial charge in [-0.05, 0) is 44.0 Å². The van der Waals surface area contributed by atoms with Crippen molar-refractivity contribution < 1.29 is 0 Å². The third-order valence-corrected chi connectivity index (χ3v) is 4.03. The van der Waals surface area contributed by atoms with Crippen LogP contribution in [0, 0.1) is 6.20 Å². The van der Waals surface area contributed by atoms with Gasteiger partial charge in [0, 0.05) is 21.6 Å².